The zero-order valence-corrected chi connectivity index (χ0v) is 16.6. The average molecular weight is 416 g/mol. The quantitative estimate of drug-likeness (QED) is 0.612. The molecule has 1 aromatic heterocycles. The van der Waals surface area contributed by atoms with Crippen LogP contribution in [0.3, 0.4) is 0 Å². The van der Waals surface area contributed by atoms with Crippen LogP contribution in [-0.2, 0) is 5.41 Å². The highest BCUT2D eigenvalue weighted by molar-refractivity contribution is 9.10. The van der Waals surface area contributed by atoms with Gasteiger partial charge in [0, 0.05) is 15.6 Å². The Hall–Kier alpha value is -2.05. The lowest BCUT2D eigenvalue weighted by Crippen LogP contribution is -2.14. The van der Waals surface area contributed by atoms with Gasteiger partial charge in [-0.3, -0.25) is 10.1 Å². The number of rotatable bonds is 3. The first-order valence-corrected chi connectivity index (χ1v) is 9.46. The van der Waals surface area contributed by atoms with E-state index in [2.05, 4.69) is 52.2 Å². The van der Waals surface area contributed by atoms with Crippen molar-refractivity contribution in [3.8, 4) is 10.6 Å². The minimum atomic E-state index is -0.185. The molecule has 0 aliphatic rings. The van der Waals surface area contributed by atoms with Crippen molar-refractivity contribution in [2.24, 2.45) is 0 Å². The number of hydrogen-bond acceptors (Lipinski definition) is 4. The monoisotopic (exact) mass is 415 g/mol. The minimum Gasteiger partial charge on any atom is -0.296 e. The fourth-order valence-corrected chi connectivity index (χ4v) is 3.69. The Morgan fingerprint density at radius 1 is 1.04 bits per heavy atom. The van der Waals surface area contributed by atoms with E-state index in [1.165, 1.54) is 16.9 Å². The molecule has 0 aliphatic heterocycles. The summed E-state index contributed by atoms with van der Waals surface area (Å²) in [6, 6.07) is 15.4. The van der Waals surface area contributed by atoms with Crippen LogP contribution in [-0.4, -0.2) is 16.1 Å². The van der Waals surface area contributed by atoms with Crippen molar-refractivity contribution >= 4 is 38.3 Å². The van der Waals surface area contributed by atoms with E-state index in [1.54, 1.807) is 0 Å². The van der Waals surface area contributed by atoms with Crippen molar-refractivity contribution in [1.82, 2.24) is 10.2 Å². The molecule has 0 fully saturated rings. The second-order valence-corrected chi connectivity index (χ2v) is 8.51. The number of nitrogens with one attached hydrogen (secondary N) is 1. The third-order valence-corrected chi connectivity index (χ3v) is 5.33. The highest BCUT2D eigenvalue weighted by Gasteiger charge is 2.16. The van der Waals surface area contributed by atoms with Crippen LogP contribution in [0, 0.1) is 0 Å². The molecule has 0 unspecified atom stereocenters. The van der Waals surface area contributed by atoms with E-state index in [0.29, 0.717) is 10.7 Å². The van der Waals surface area contributed by atoms with Gasteiger partial charge in [0.2, 0.25) is 5.13 Å². The summed E-state index contributed by atoms with van der Waals surface area (Å²) in [6.45, 7) is 6.44. The first kappa shape index (κ1) is 17.8. The molecule has 3 aromatic rings. The summed E-state index contributed by atoms with van der Waals surface area (Å²) in [5.41, 5.74) is 2.81. The van der Waals surface area contributed by atoms with Crippen molar-refractivity contribution in [3.63, 3.8) is 0 Å². The largest absolute Gasteiger partial charge is 0.296 e. The zero-order chi connectivity index (χ0) is 18.0. The fraction of sp³-hybridized carbons (Fsp3) is 0.211. The number of nitrogens with zero attached hydrogens (tertiary/aromatic N) is 2. The molecule has 1 amide bonds. The number of carbonyl (C=O) groups excluding carboxylic acids is 1. The molecule has 1 heterocycles. The predicted molar refractivity (Wildman–Crippen MR) is 106 cm³/mol. The smallest absolute Gasteiger partial charge is 0.257 e. The van der Waals surface area contributed by atoms with Crippen molar-refractivity contribution in [2.45, 2.75) is 26.2 Å². The van der Waals surface area contributed by atoms with E-state index in [9.17, 15) is 4.79 Å². The van der Waals surface area contributed by atoms with Crippen molar-refractivity contribution in [3.05, 3.63) is 64.1 Å². The van der Waals surface area contributed by atoms with Gasteiger partial charge in [0.15, 0.2) is 5.01 Å². The van der Waals surface area contributed by atoms with Gasteiger partial charge in [-0.1, -0.05) is 78.4 Å². The van der Waals surface area contributed by atoms with Crippen LogP contribution in [0.4, 0.5) is 5.13 Å². The van der Waals surface area contributed by atoms with E-state index in [-0.39, 0.29) is 11.3 Å². The topological polar surface area (TPSA) is 54.9 Å². The molecule has 0 bridgehead atoms. The lowest BCUT2D eigenvalue weighted by Gasteiger charge is -2.18. The molecule has 0 aliphatic carbocycles. The van der Waals surface area contributed by atoms with Gasteiger partial charge in [-0.15, -0.1) is 10.2 Å². The third-order valence-electron chi connectivity index (χ3n) is 3.76. The lowest BCUT2D eigenvalue weighted by molar-refractivity contribution is 0.102. The van der Waals surface area contributed by atoms with Gasteiger partial charge in [-0.2, -0.15) is 0 Å². The Morgan fingerprint density at radius 2 is 1.72 bits per heavy atom. The van der Waals surface area contributed by atoms with E-state index >= 15 is 0 Å². The second-order valence-electron chi connectivity index (χ2n) is 6.67. The van der Waals surface area contributed by atoms with Gasteiger partial charge in [0.1, 0.15) is 0 Å². The highest BCUT2D eigenvalue weighted by atomic mass is 79.9. The van der Waals surface area contributed by atoms with Crippen molar-refractivity contribution in [1.29, 1.82) is 0 Å². The van der Waals surface area contributed by atoms with Crippen LogP contribution in [0.15, 0.2) is 53.0 Å². The summed E-state index contributed by atoms with van der Waals surface area (Å²) in [4.78, 5) is 12.4. The molecule has 1 N–H and O–H groups in total. The Morgan fingerprint density at radius 3 is 2.36 bits per heavy atom. The Bertz CT molecular complexity index is 898. The van der Waals surface area contributed by atoms with Crippen LogP contribution >= 0.6 is 27.3 Å². The maximum absolute atomic E-state index is 12.4. The number of aromatic nitrogens is 2. The van der Waals surface area contributed by atoms with E-state index in [1.807, 2.05) is 48.5 Å². The molecular formula is C19H18BrN3OS. The molecule has 0 saturated carbocycles. The molecule has 4 nitrogen and oxygen atoms in total. The number of carbonyl (C=O) groups is 1. The van der Waals surface area contributed by atoms with Gasteiger partial charge in [-0.05, 0) is 29.2 Å². The van der Waals surface area contributed by atoms with Gasteiger partial charge in [0.25, 0.3) is 5.91 Å². The Kier molecular flexibility index (Phi) is 5.01. The number of benzene rings is 2. The van der Waals surface area contributed by atoms with Crippen LogP contribution < -0.4 is 5.32 Å². The Balaban J connectivity index is 1.75. The van der Waals surface area contributed by atoms with E-state index in [0.717, 1.165) is 15.0 Å². The van der Waals surface area contributed by atoms with Gasteiger partial charge in [0.05, 0.1) is 0 Å². The molecule has 0 atom stereocenters. The molecule has 0 spiro atoms. The summed E-state index contributed by atoms with van der Waals surface area (Å²) < 4.78 is 0.946. The van der Waals surface area contributed by atoms with Gasteiger partial charge in [-0.25, -0.2) is 0 Å². The SMILES string of the molecule is CC(C)(C)c1ccc(C(=O)Nc2nnc(-c3ccccc3Br)s2)cc1. The molecule has 2 aromatic carbocycles. The van der Waals surface area contributed by atoms with Gasteiger partial charge >= 0.3 is 0 Å². The second kappa shape index (κ2) is 7.06. The van der Waals surface area contributed by atoms with Crippen LogP contribution in [0.5, 0.6) is 0 Å². The van der Waals surface area contributed by atoms with Crippen molar-refractivity contribution in [2.75, 3.05) is 5.32 Å². The number of halogens is 1. The third kappa shape index (κ3) is 4.14. The summed E-state index contributed by atoms with van der Waals surface area (Å²) in [5, 5.41) is 12.3. The Labute approximate surface area is 159 Å². The number of anilines is 1. The summed E-state index contributed by atoms with van der Waals surface area (Å²) >= 11 is 4.85. The lowest BCUT2D eigenvalue weighted by atomic mass is 9.87. The van der Waals surface area contributed by atoms with E-state index < -0.39 is 0 Å². The molecular weight excluding hydrogens is 398 g/mol. The highest BCUT2D eigenvalue weighted by Crippen LogP contribution is 2.32. The average Bonchev–Trinajstić information content (AvgIpc) is 3.03. The minimum absolute atomic E-state index is 0.0617. The summed E-state index contributed by atoms with van der Waals surface area (Å²) in [6.07, 6.45) is 0. The van der Waals surface area contributed by atoms with Crippen LogP contribution in [0.25, 0.3) is 10.6 Å². The maximum Gasteiger partial charge on any atom is 0.257 e. The fourth-order valence-electron chi connectivity index (χ4n) is 2.31. The molecule has 6 heteroatoms. The first-order valence-electron chi connectivity index (χ1n) is 7.85. The van der Waals surface area contributed by atoms with Crippen molar-refractivity contribution < 1.29 is 4.79 Å². The molecule has 128 valence electrons. The first-order chi connectivity index (χ1) is 11.8. The molecule has 0 saturated heterocycles. The molecule has 25 heavy (non-hydrogen) atoms. The standard InChI is InChI=1S/C19H18BrN3OS/c1-19(2,3)13-10-8-12(9-11-13)16(24)21-18-23-22-17(25-18)14-6-4-5-7-15(14)20/h4-11H,1-3H3,(H,21,23,24). The molecule has 3 rings (SSSR count). The predicted octanol–water partition coefficient (Wildman–Crippen LogP) is 5.52. The van der Waals surface area contributed by atoms with E-state index in [4.69, 9.17) is 0 Å². The maximum atomic E-state index is 12.4. The van der Waals surface area contributed by atoms with Gasteiger partial charge < -0.3 is 0 Å². The number of hydrogen-bond donors (Lipinski definition) is 1. The van der Waals surface area contributed by atoms with Crippen LogP contribution in [0.1, 0.15) is 36.7 Å². The van der Waals surface area contributed by atoms with Crippen LogP contribution in [0.2, 0.25) is 0 Å². The normalized spacial score (nSPS) is 11.4. The zero-order valence-electron chi connectivity index (χ0n) is 14.2. The number of amides is 1. The molecule has 0 radical (unpaired) electrons. The summed E-state index contributed by atoms with van der Waals surface area (Å²) in [5.74, 6) is -0.185. The summed E-state index contributed by atoms with van der Waals surface area (Å²) in [7, 11) is 0.